The summed E-state index contributed by atoms with van der Waals surface area (Å²) in [6.07, 6.45) is 14.6. The summed E-state index contributed by atoms with van der Waals surface area (Å²) in [6.45, 7) is 3.71. The topological polar surface area (TPSA) is 0 Å². The first kappa shape index (κ1) is 15.8. The van der Waals surface area contributed by atoms with Crippen molar-refractivity contribution in [3.63, 3.8) is 0 Å². The Morgan fingerprint density at radius 1 is 0.864 bits per heavy atom. The summed E-state index contributed by atoms with van der Waals surface area (Å²) in [5.41, 5.74) is 3.79. The van der Waals surface area contributed by atoms with Gasteiger partial charge in [-0.2, -0.15) is 0 Å². The van der Waals surface area contributed by atoms with E-state index < -0.39 is 0 Å². The molecule has 0 bridgehead atoms. The molecular formula is C22H22. The molecule has 0 nitrogen and oxygen atoms in total. The van der Waals surface area contributed by atoms with Crippen LogP contribution >= 0.6 is 0 Å². The zero-order valence-electron chi connectivity index (χ0n) is 12.9. The third-order valence-corrected chi connectivity index (χ3v) is 3.31. The minimum atomic E-state index is 1.02. The largest absolute Gasteiger partial charge is 0.0991 e. The SMILES string of the molecule is C=CC=CCCC(C=Cc1ccccc1)=Cc1ccccc1. The van der Waals surface area contributed by atoms with Crippen LogP contribution in [0.5, 0.6) is 0 Å². The fourth-order valence-corrected chi connectivity index (χ4v) is 2.18. The number of allylic oxidation sites excluding steroid dienone is 5. The van der Waals surface area contributed by atoms with Crippen molar-refractivity contribution < 1.29 is 0 Å². The maximum absolute atomic E-state index is 3.71. The van der Waals surface area contributed by atoms with Gasteiger partial charge in [0.05, 0.1) is 0 Å². The monoisotopic (exact) mass is 286 g/mol. The Morgan fingerprint density at radius 3 is 2.14 bits per heavy atom. The third-order valence-electron chi connectivity index (χ3n) is 3.31. The van der Waals surface area contributed by atoms with Crippen LogP contribution in [0.25, 0.3) is 12.2 Å². The van der Waals surface area contributed by atoms with Crippen LogP contribution in [-0.2, 0) is 0 Å². The van der Waals surface area contributed by atoms with Gasteiger partial charge in [-0.05, 0) is 29.5 Å². The minimum absolute atomic E-state index is 1.02. The maximum Gasteiger partial charge on any atom is -0.0244 e. The molecule has 0 amide bonds. The van der Waals surface area contributed by atoms with Crippen LogP contribution in [0.4, 0.5) is 0 Å². The quantitative estimate of drug-likeness (QED) is 0.523. The van der Waals surface area contributed by atoms with E-state index in [1.807, 2.05) is 24.3 Å². The lowest BCUT2D eigenvalue weighted by atomic mass is 10.0. The average molecular weight is 286 g/mol. The second kappa shape index (κ2) is 9.36. The molecule has 2 aromatic rings. The first-order valence-corrected chi connectivity index (χ1v) is 7.65. The number of rotatable bonds is 7. The van der Waals surface area contributed by atoms with Gasteiger partial charge in [0.25, 0.3) is 0 Å². The molecule has 0 aliphatic rings. The summed E-state index contributed by atoms with van der Waals surface area (Å²) in [6, 6.07) is 20.9. The molecule has 0 heteroatoms. The van der Waals surface area contributed by atoms with Crippen molar-refractivity contribution >= 4 is 12.2 Å². The van der Waals surface area contributed by atoms with E-state index in [-0.39, 0.29) is 0 Å². The van der Waals surface area contributed by atoms with E-state index in [0.717, 1.165) is 12.8 Å². The Morgan fingerprint density at radius 2 is 1.50 bits per heavy atom. The molecule has 2 aromatic carbocycles. The number of hydrogen-bond donors (Lipinski definition) is 0. The van der Waals surface area contributed by atoms with Gasteiger partial charge in [0, 0.05) is 0 Å². The van der Waals surface area contributed by atoms with Crippen molar-refractivity contribution in [3.05, 3.63) is 108 Å². The molecule has 0 saturated heterocycles. The van der Waals surface area contributed by atoms with Crippen molar-refractivity contribution in [1.29, 1.82) is 0 Å². The van der Waals surface area contributed by atoms with Gasteiger partial charge >= 0.3 is 0 Å². The molecule has 0 spiro atoms. The molecule has 0 radical (unpaired) electrons. The van der Waals surface area contributed by atoms with Crippen molar-refractivity contribution in [2.75, 3.05) is 0 Å². The highest BCUT2D eigenvalue weighted by molar-refractivity contribution is 5.61. The molecule has 0 aromatic heterocycles. The van der Waals surface area contributed by atoms with E-state index in [4.69, 9.17) is 0 Å². The van der Waals surface area contributed by atoms with Crippen LogP contribution in [0.2, 0.25) is 0 Å². The summed E-state index contributed by atoms with van der Waals surface area (Å²) in [4.78, 5) is 0. The first-order chi connectivity index (χ1) is 10.9. The Hall–Kier alpha value is -2.60. The highest BCUT2D eigenvalue weighted by atomic mass is 14.0. The van der Waals surface area contributed by atoms with Gasteiger partial charge in [-0.1, -0.05) is 104 Å². The second-order valence-corrected chi connectivity index (χ2v) is 5.08. The standard InChI is InChI=1S/C22H22/c1-2-3-4-7-16-22(19-21-14-10-6-11-15-21)18-17-20-12-8-5-9-13-20/h2-6,8-15,17-19H,1,7,16H2. The molecule has 0 unspecified atom stereocenters. The second-order valence-electron chi connectivity index (χ2n) is 5.08. The van der Waals surface area contributed by atoms with Gasteiger partial charge in [-0.25, -0.2) is 0 Å². The molecule has 0 aliphatic heterocycles. The number of hydrogen-bond acceptors (Lipinski definition) is 0. The summed E-state index contributed by atoms with van der Waals surface area (Å²) < 4.78 is 0. The van der Waals surface area contributed by atoms with Crippen LogP contribution in [0.15, 0.2) is 97.1 Å². The van der Waals surface area contributed by atoms with Crippen LogP contribution in [0.1, 0.15) is 24.0 Å². The summed E-state index contributed by atoms with van der Waals surface area (Å²) in [5, 5.41) is 0. The van der Waals surface area contributed by atoms with Gasteiger partial charge in [0.1, 0.15) is 0 Å². The Labute approximate surface area is 133 Å². The van der Waals surface area contributed by atoms with Crippen molar-refractivity contribution in [1.82, 2.24) is 0 Å². The van der Waals surface area contributed by atoms with Gasteiger partial charge < -0.3 is 0 Å². The van der Waals surface area contributed by atoms with E-state index in [1.54, 1.807) is 0 Å². The Bertz CT molecular complexity index is 643. The summed E-state index contributed by atoms with van der Waals surface area (Å²) in [5.74, 6) is 0. The molecule has 110 valence electrons. The van der Waals surface area contributed by atoms with Crippen molar-refractivity contribution in [2.45, 2.75) is 12.8 Å². The average Bonchev–Trinajstić information content (AvgIpc) is 2.58. The fraction of sp³-hybridized carbons (Fsp3) is 0.0909. The van der Waals surface area contributed by atoms with Crippen molar-refractivity contribution in [3.8, 4) is 0 Å². The van der Waals surface area contributed by atoms with E-state index in [9.17, 15) is 0 Å². The predicted molar refractivity (Wildman–Crippen MR) is 98.5 cm³/mol. The molecule has 0 heterocycles. The van der Waals surface area contributed by atoms with Crippen LogP contribution in [0, 0.1) is 0 Å². The minimum Gasteiger partial charge on any atom is -0.0991 e. The highest BCUT2D eigenvalue weighted by Crippen LogP contribution is 2.15. The summed E-state index contributed by atoms with van der Waals surface area (Å²) >= 11 is 0. The van der Waals surface area contributed by atoms with Crippen LogP contribution < -0.4 is 0 Å². The normalized spacial score (nSPS) is 12.1. The highest BCUT2D eigenvalue weighted by Gasteiger charge is 1.94. The molecule has 0 atom stereocenters. The zero-order chi connectivity index (χ0) is 15.5. The van der Waals surface area contributed by atoms with Gasteiger partial charge in [0.15, 0.2) is 0 Å². The van der Waals surface area contributed by atoms with Gasteiger partial charge in [-0.3, -0.25) is 0 Å². The lowest BCUT2D eigenvalue weighted by Gasteiger charge is -2.02. The predicted octanol–water partition coefficient (Wildman–Crippen LogP) is 6.31. The molecule has 22 heavy (non-hydrogen) atoms. The Kier molecular flexibility index (Phi) is 6.71. The lowest BCUT2D eigenvalue weighted by molar-refractivity contribution is 1.02. The first-order valence-electron chi connectivity index (χ1n) is 7.65. The van der Waals surface area contributed by atoms with Gasteiger partial charge in [0.2, 0.25) is 0 Å². The lowest BCUT2D eigenvalue weighted by Crippen LogP contribution is -1.80. The van der Waals surface area contributed by atoms with Crippen LogP contribution in [-0.4, -0.2) is 0 Å². The third kappa shape index (κ3) is 5.80. The number of benzene rings is 2. The van der Waals surface area contributed by atoms with E-state index >= 15 is 0 Å². The van der Waals surface area contributed by atoms with Crippen LogP contribution in [0.3, 0.4) is 0 Å². The molecule has 0 fully saturated rings. The fourth-order valence-electron chi connectivity index (χ4n) is 2.18. The van der Waals surface area contributed by atoms with E-state index in [2.05, 4.69) is 79.4 Å². The molecule has 0 saturated carbocycles. The maximum atomic E-state index is 3.71. The van der Waals surface area contributed by atoms with Gasteiger partial charge in [-0.15, -0.1) is 0 Å². The molecule has 2 rings (SSSR count). The molecule has 0 N–H and O–H groups in total. The van der Waals surface area contributed by atoms with E-state index in [0.29, 0.717) is 0 Å². The van der Waals surface area contributed by atoms with E-state index in [1.165, 1.54) is 16.7 Å². The summed E-state index contributed by atoms with van der Waals surface area (Å²) in [7, 11) is 0. The van der Waals surface area contributed by atoms with Crippen molar-refractivity contribution in [2.24, 2.45) is 0 Å². The Balaban J connectivity index is 2.14. The smallest absolute Gasteiger partial charge is 0.0244 e. The zero-order valence-corrected chi connectivity index (χ0v) is 12.9. The molecule has 0 aliphatic carbocycles. The molecular weight excluding hydrogens is 264 g/mol.